The summed E-state index contributed by atoms with van der Waals surface area (Å²) < 4.78 is 25.8. The molecule has 1 unspecified atom stereocenters. The molecule has 0 bridgehead atoms. The molecule has 0 fully saturated rings. The lowest BCUT2D eigenvalue weighted by molar-refractivity contribution is 0.0566. The first-order valence-electron chi connectivity index (χ1n) is 10.9. The zero-order valence-electron chi connectivity index (χ0n) is 18.3. The minimum atomic E-state index is -0.279. The first kappa shape index (κ1) is 23.8. The van der Waals surface area contributed by atoms with Crippen molar-refractivity contribution in [2.24, 2.45) is 0 Å². The van der Waals surface area contributed by atoms with Crippen LogP contribution in [0.2, 0.25) is 0 Å². The molecule has 0 saturated carbocycles. The van der Waals surface area contributed by atoms with Crippen LogP contribution < -0.4 is 4.74 Å². The zero-order chi connectivity index (χ0) is 21.6. The highest BCUT2D eigenvalue weighted by molar-refractivity contribution is 5.63. The van der Waals surface area contributed by atoms with Gasteiger partial charge in [0.1, 0.15) is 18.2 Å². The molecule has 1 aromatic carbocycles. The van der Waals surface area contributed by atoms with E-state index in [1.807, 2.05) is 12.1 Å². The van der Waals surface area contributed by atoms with Crippen LogP contribution in [0, 0.1) is 5.82 Å². The van der Waals surface area contributed by atoms with Gasteiger partial charge in [0.25, 0.3) is 0 Å². The fourth-order valence-corrected chi connectivity index (χ4v) is 3.09. The van der Waals surface area contributed by atoms with Gasteiger partial charge in [-0.05, 0) is 62.4 Å². The molecular weight excluding hydrogens is 377 g/mol. The third kappa shape index (κ3) is 8.50. The van der Waals surface area contributed by atoms with Crippen LogP contribution in [0.3, 0.4) is 0 Å². The molecule has 0 radical (unpaired) electrons. The van der Waals surface area contributed by atoms with E-state index in [2.05, 4.69) is 31.5 Å². The van der Waals surface area contributed by atoms with Crippen molar-refractivity contribution >= 4 is 6.08 Å². The Morgan fingerprint density at radius 3 is 2.73 bits per heavy atom. The van der Waals surface area contributed by atoms with Crippen molar-refractivity contribution in [1.82, 2.24) is 4.98 Å². The molecule has 0 amide bonds. The second-order valence-corrected chi connectivity index (χ2v) is 7.44. The maximum Gasteiger partial charge on any atom is 0.138 e. The number of ether oxygens (including phenoxy) is 2. The van der Waals surface area contributed by atoms with E-state index in [1.165, 1.54) is 12.8 Å². The molecule has 1 aromatic heterocycles. The molecule has 0 spiro atoms. The predicted octanol–water partition coefficient (Wildman–Crippen LogP) is 7.23. The van der Waals surface area contributed by atoms with Crippen molar-refractivity contribution in [3.8, 4) is 17.0 Å². The van der Waals surface area contributed by atoms with E-state index in [9.17, 15) is 4.39 Å². The molecule has 0 N–H and O–H groups in total. The number of hydrogen-bond donors (Lipinski definition) is 0. The molecule has 1 atom stereocenters. The van der Waals surface area contributed by atoms with Crippen LogP contribution in [0.4, 0.5) is 4.39 Å². The van der Waals surface area contributed by atoms with Crippen molar-refractivity contribution in [2.75, 3.05) is 13.2 Å². The van der Waals surface area contributed by atoms with Gasteiger partial charge in [0.15, 0.2) is 0 Å². The van der Waals surface area contributed by atoms with Gasteiger partial charge in [-0.25, -0.2) is 4.39 Å². The normalized spacial score (nSPS) is 12.2. The summed E-state index contributed by atoms with van der Waals surface area (Å²) in [5.41, 5.74) is 1.92. The number of halogens is 1. The van der Waals surface area contributed by atoms with Crippen LogP contribution in [0.15, 0.2) is 55.3 Å². The molecule has 0 aliphatic heterocycles. The van der Waals surface area contributed by atoms with E-state index < -0.39 is 0 Å². The number of pyridine rings is 1. The summed E-state index contributed by atoms with van der Waals surface area (Å²) in [7, 11) is 0. The lowest BCUT2D eigenvalue weighted by atomic mass is 10.1. The second-order valence-electron chi connectivity index (χ2n) is 7.44. The summed E-state index contributed by atoms with van der Waals surface area (Å²) in [6, 6.07) is 8.78. The van der Waals surface area contributed by atoms with E-state index in [1.54, 1.807) is 36.5 Å². The molecule has 2 aromatic rings. The second kappa shape index (κ2) is 13.7. The maximum absolute atomic E-state index is 14.6. The first-order valence-corrected chi connectivity index (χ1v) is 10.9. The molecule has 2 rings (SSSR count). The lowest BCUT2D eigenvalue weighted by Gasteiger charge is -2.12. The summed E-state index contributed by atoms with van der Waals surface area (Å²) in [6.45, 7) is 9.22. The van der Waals surface area contributed by atoms with Crippen LogP contribution in [0.25, 0.3) is 17.3 Å². The molecular formula is C26H34FNO2. The highest BCUT2D eigenvalue weighted by Gasteiger charge is 2.07. The molecule has 30 heavy (non-hydrogen) atoms. The average Bonchev–Trinajstić information content (AvgIpc) is 2.75. The Morgan fingerprint density at radius 2 is 2.03 bits per heavy atom. The lowest BCUT2D eigenvalue weighted by Crippen LogP contribution is -2.08. The fourth-order valence-electron chi connectivity index (χ4n) is 3.09. The minimum Gasteiger partial charge on any atom is -0.488 e. The third-order valence-electron chi connectivity index (χ3n) is 4.82. The van der Waals surface area contributed by atoms with E-state index >= 15 is 0 Å². The van der Waals surface area contributed by atoms with Gasteiger partial charge in [-0.3, -0.25) is 4.98 Å². The Hall–Kier alpha value is -2.46. The molecule has 0 aliphatic carbocycles. The van der Waals surface area contributed by atoms with Gasteiger partial charge in [0.2, 0.25) is 0 Å². The summed E-state index contributed by atoms with van der Waals surface area (Å²) >= 11 is 0. The summed E-state index contributed by atoms with van der Waals surface area (Å²) in [6.07, 6.45) is 14.3. The van der Waals surface area contributed by atoms with Crippen molar-refractivity contribution in [3.63, 3.8) is 0 Å². The summed E-state index contributed by atoms with van der Waals surface area (Å²) in [5, 5.41) is 0. The fraction of sp³-hybridized carbons (Fsp3) is 0.423. The van der Waals surface area contributed by atoms with E-state index in [0.717, 1.165) is 37.9 Å². The molecule has 4 heteroatoms. The predicted molar refractivity (Wildman–Crippen MR) is 123 cm³/mol. The topological polar surface area (TPSA) is 31.4 Å². The Kier molecular flexibility index (Phi) is 10.9. The number of rotatable bonds is 14. The Morgan fingerprint density at radius 1 is 1.17 bits per heavy atom. The average molecular weight is 412 g/mol. The van der Waals surface area contributed by atoms with Crippen molar-refractivity contribution in [3.05, 3.63) is 66.6 Å². The quantitative estimate of drug-likeness (QED) is 0.243. The monoisotopic (exact) mass is 411 g/mol. The number of nitrogens with zero attached hydrogens (tertiary/aromatic N) is 1. The van der Waals surface area contributed by atoms with Crippen molar-refractivity contribution < 1.29 is 13.9 Å². The third-order valence-corrected chi connectivity index (χ3v) is 4.82. The molecule has 1 heterocycles. The molecule has 162 valence electrons. The number of hydrogen-bond acceptors (Lipinski definition) is 3. The summed E-state index contributed by atoms with van der Waals surface area (Å²) in [5.74, 6) is 0.359. The van der Waals surface area contributed by atoms with Crippen LogP contribution in [-0.4, -0.2) is 24.3 Å². The van der Waals surface area contributed by atoms with Gasteiger partial charge in [0.05, 0.1) is 18.0 Å². The van der Waals surface area contributed by atoms with Crippen LogP contribution >= 0.6 is 0 Å². The Balaban J connectivity index is 1.80. The van der Waals surface area contributed by atoms with Gasteiger partial charge in [-0.1, -0.05) is 50.6 Å². The van der Waals surface area contributed by atoms with Crippen molar-refractivity contribution in [2.45, 2.75) is 58.5 Å². The van der Waals surface area contributed by atoms with Gasteiger partial charge < -0.3 is 9.47 Å². The first-order chi connectivity index (χ1) is 14.6. The van der Waals surface area contributed by atoms with E-state index in [4.69, 9.17) is 9.47 Å². The highest BCUT2D eigenvalue weighted by Crippen LogP contribution is 2.24. The molecule has 0 saturated heterocycles. The minimum absolute atomic E-state index is 0.279. The summed E-state index contributed by atoms with van der Waals surface area (Å²) in [4.78, 5) is 4.30. The van der Waals surface area contributed by atoms with E-state index in [-0.39, 0.29) is 5.82 Å². The number of unbranched alkanes of at least 4 members (excludes halogenated alkanes) is 3. The van der Waals surface area contributed by atoms with Crippen LogP contribution in [0.5, 0.6) is 5.75 Å². The standard InChI is InChI=1S/C26H34FNO2/c1-4-6-10-18-29-21(3)11-8-7-9-12-22-13-15-24(25(27)19-22)26-16-14-23(20-28-26)30-17-5-2/h5,9,12-16,19-21H,2,4,6-8,10-11,17-18H2,1,3H3. The molecule has 0 aliphatic rings. The number of aromatic nitrogens is 1. The van der Waals surface area contributed by atoms with Crippen LogP contribution in [-0.2, 0) is 4.74 Å². The van der Waals surface area contributed by atoms with Gasteiger partial charge in [-0.15, -0.1) is 0 Å². The largest absolute Gasteiger partial charge is 0.488 e. The van der Waals surface area contributed by atoms with Crippen molar-refractivity contribution in [1.29, 1.82) is 0 Å². The number of allylic oxidation sites excluding steroid dienone is 1. The van der Waals surface area contributed by atoms with Gasteiger partial charge in [-0.2, -0.15) is 0 Å². The maximum atomic E-state index is 14.6. The molecule has 3 nitrogen and oxygen atoms in total. The van der Waals surface area contributed by atoms with Gasteiger partial charge >= 0.3 is 0 Å². The smallest absolute Gasteiger partial charge is 0.138 e. The van der Waals surface area contributed by atoms with Gasteiger partial charge in [0, 0.05) is 12.2 Å². The van der Waals surface area contributed by atoms with Crippen LogP contribution in [0.1, 0.15) is 57.9 Å². The zero-order valence-corrected chi connectivity index (χ0v) is 18.3. The Bertz CT molecular complexity index is 786. The van der Waals surface area contributed by atoms with E-state index in [0.29, 0.717) is 29.7 Å². The Labute approximate surface area is 180 Å². The number of benzene rings is 1. The SMILES string of the molecule is C=CCOc1ccc(-c2ccc(C=CCCCC(C)OCCCCC)cc2F)nc1. The highest BCUT2D eigenvalue weighted by atomic mass is 19.1.